The minimum Gasteiger partial charge on any atom is -0.295 e. The van der Waals surface area contributed by atoms with Gasteiger partial charge in [-0.15, -0.1) is 0 Å². The van der Waals surface area contributed by atoms with Crippen LogP contribution in [-0.4, -0.2) is 5.78 Å². The summed E-state index contributed by atoms with van der Waals surface area (Å²) in [4.78, 5) is 12.1. The Balaban J connectivity index is 2.44. The Bertz CT molecular complexity index is 394. The van der Waals surface area contributed by atoms with Crippen LogP contribution in [0.3, 0.4) is 0 Å². The Morgan fingerprint density at radius 2 is 2.00 bits per heavy atom. The van der Waals surface area contributed by atoms with E-state index >= 15 is 0 Å². The highest BCUT2D eigenvalue weighted by atomic mass is 16.1. The van der Waals surface area contributed by atoms with Crippen LogP contribution in [0.25, 0.3) is 0 Å². The molecule has 0 aromatic rings. The first-order chi connectivity index (χ1) is 7.44. The fourth-order valence-electron chi connectivity index (χ4n) is 3.31. The van der Waals surface area contributed by atoms with Crippen molar-refractivity contribution in [3.63, 3.8) is 0 Å². The zero-order valence-corrected chi connectivity index (χ0v) is 10.9. The average molecular weight is 218 g/mol. The van der Waals surface area contributed by atoms with E-state index in [4.69, 9.17) is 0 Å². The normalized spacial score (nSPS) is 30.5. The first-order valence-corrected chi connectivity index (χ1v) is 6.33. The van der Waals surface area contributed by atoms with E-state index in [9.17, 15) is 4.79 Å². The summed E-state index contributed by atoms with van der Waals surface area (Å²) in [7, 11) is 0. The van der Waals surface area contributed by atoms with Gasteiger partial charge in [-0.2, -0.15) is 0 Å². The van der Waals surface area contributed by atoms with Crippen molar-refractivity contribution in [1.82, 2.24) is 0 Å². The number of ketones is 1. The molecule has 0 saturated heterocycles. The molecular weight excluding hydrogens is 196 g/mol. The third-order valence-electron chi connectivity index (χ3n) is 4.37. The molecule has 0 aromatic carbocycles. The smallest absolute Gasteiger partial charge is 0.159 e. The van der Waals surface area contributed by atoms with Crippen molar-refractivity contribution in [3.05, 3.63) is 22.3 Å². The molecule has 0 heterocycles. The number of Topliss-reactive ketones (excluding diaryl/α,β-unsaturated/α-hetero) is 1. The molecule has 1 heteroatoms. The first-order valence-electron chi connectivity index (χ1n) is 6.33. The predicted octanol–water partition coefficient (Wildman–Crippen LogP) is 4.19. The Morgan fingerprint density at radius 3 is 2.62 bits per heavy atom. The number of hydrogen-bond donors (Lipinski definition) is 0. The van der Waals surface area contributed by atoms with Gasteiger partial charge in [0, 0.05) is 6.42 Å². The highest BCUT2D eigenvalue weighted by molar-refractivity contribution is 5.98. The van der Waals surface area contributed by atoms with Crippen LogP contribution in [0.4, 0.5) is 0 Å². The molecule has 1 nitrogen and oxygen atoms in total. The topological polar surface area (TPSA) is 17.1 Å². The van der Waals surface area contributed by atoms with Gasteiger partial charge in [0.25, 0.3) is 0 Å². The fourth-order valence-corrected chi connectivity index (χ4v) is 3.31. The van der Waals surface area contributed by atoms with E-state index in [1.54, 1.807) is 11.1 Å². The Hall–Kier alpha value is -0.850. The number of allylic oxidation sites excluding steroid dienone is 4. The third kappa shape index (κ3) is 1.77. The van der Waals surface area contributed by atoms with Crippen LogP contribution in [0, 0.1) is 5.41 Å². The Labute approximate surface area is 98.6 Å². The van der Waals surface area contributed by atoms with Crippen molar-refractivity contribution in [2.45, 2.75) is 59.8 Å². The number of rotatable bonds is 0. The molecule has 0 aromatic heterocycles. The molecule has 1 fully saturated rings. The number of fused-ring (bicyclic) bond motifs is 1. The summed E-state index contributed by atoms with van der Waals surface area (Å²) in [6.45, 7) is 8.67. The molecule has 2 aliphatic carbocycles. The van der Waals surface area contributed by atoms with E-state index < -0.39 is 0 Å². The van der Waals surface area contributed by atoms with Gasteiger partial charge < -0.3 is 0 Å². The molecule has 2 rings (SSSR count). The lowest BCUT2D eigenvalue weighted by molar-refractivity contribution is -0.118. The Morgan fingerprint density at radius 1 is 1.31 bits per heavy atom. The minimum absolute atomic E-state index is 0.179. The van der Waals surface area contributed by atoms with Crippen LogP contribution >= 0.6 is 0 Å². The van der Waals surface area contributed by atoms with Crippen molar-refractivity contribution in [1.29, 1.82) is 0 Å². The number of carbonyl (C=O) groups is 1. The van der Waals surface area contributed by atoms with Gasteiger partial charge in [0.2, 0.25) is 0 Å². The van der Waals surface area contributed by atoms with Gasteiger partial charge in [0.05, 0.1) is 0 Å². The van der Waals surface area contributed by atoms with E-state index in [2.05, 4.69) is 27.7 Å². The fraction of sp³-hybridized carbons (Fsp3) is 0.667. The molecule has 0 N–H and O–H groups in total. The zero-order chi connectivity index (χ0) is 11.9. The van der Waals surface area contributed by atoms with Crippen molar-refractivity contribution in [2.24, 2.45) is 5.41 Å². The summed E-state index contributed by atoms with van der Waals surface area (Å²) < 4.78 is 0. The second-order valence-corrected chi connectivity index (χ2v) is 5.93. The highest BCUT2D eigenvalue weighted by Crippen LogP contribution is 2.50. The summed E-state index contributed by atoms with van der Waals surface area (Å²) in [6, 6.07) is 0. The Kier molecular flexibility index (Phi) is 2.81. The standard InChI is InChI=1S/C15H22O/c1-10(2)12-8-13-11(3)6-5-7-15(13,4)9-14(12)16/h5-9H2,1-4H3/t15-/m1/s1. The van der Waals surface area contributed by atoms with Crippen LogP contribution in [0.15, 0.2) is 22.3 Å². The van der Waals surface area contributed by atoms with Crippen molar-refractivity contribution in [2.75, 3.05) is 0 Å². The molecule has 0 bridgehead atoms. The lowest BCUT2D eigenvalue weighted by Crippen LogP contribution is -2.33. The summed E-state index contributed by atoms with van der Waals surface area (Å²) in [5.41, 5.74) is 5.57. The van der Waals surface area contributed by atoms with Crippen molar-refractivity contribution in [3.8, 4) is 0 Å². The molecular formula is C15H22O. The van der Waals surface area contributed by atoms with Crippen molar-refractivity contribution < 1.29 is 4.79 Å². The molecule has 0 radical (unpaired) electrons. The maximum Gasteiger partial charge on any atom is 0.159 e. The molecule has 16 heavy (non-hydrogen) atoms. The van der Waals surface area contributed by atoms with Gasteiger partial charge >= 0.3 is 0 Å². The molecule has 0 unspecified atom stereocenters. The van der Waals surface area contributed by atoms with Crippen LogP contribution in [0.5, 0.6) is 0 Å². The van der Waals surface area contributed by atoms with E-state index in [0.717, 1.165) is 18.4 Å². The number of carbonyl (C=O) groups excluding carboxylic acids is 1. The van der Waals surface area contributed by atoms with Crippen molar-refractivity contribution >= 4 is 5.78 Å². The molecule has 0 aliphatic heterocycles. The summed E-state index contributed by atoms with van der Waals surface area (Å²) in [5, 5.41) is 0. The van der Waals surface area contributed by atoms with E-state index in [1.807, 2.05) is 0 Å². The number of hydrogen-bond acceptors (Lipinski definition) is 1. The van der Waals surface area contributed by atoms with Gasteiger partial charge in [0.1, 0.15) is 0 Å². The van der Waals surface area contributed by atoms with E-state index in [-0.39, 0.29) is 5.41 Å². The minimum atomic E-state index is 0.179. The summed E-state index contributed by atoms with van der Waals surface area (Å²) >= 11 is 0. The van der Waals surface area contributed by atoms with Gasteiger partial charge in [-0.3, -0.25) is 4.79 Å². The molecule has 88 valence electrons. The highest BCUT2D eigenvalue weighted by Gasteiger charge is 2.40. The van der Waals surface area contributed by atoms with E-state index in [0.29, 0.717) is 5.78 Å². The van der Waals surface area contributed by atoms with Crippen LogP contribution in [0.2, 0.25) is 0 Å². The maximum absolute atomic E-state index is 12.1. The predicted molar refractivity (Wildman–Crippen MR) is 67.3 cm³/mol. The summed E-state index contributed by atoms with van der Waals surface area (Å²) in [5.74, 6) is 0.390. The molecule has 0 amide bonds. The third-order valence-corrected chi connectivity index (χ3v) is 4.37. The lowest BCUT2D eigenvalue weighted by atomic mass is 9.62. The molecule has 1 atom stereocenters. The largest absolute Gasteiger partial charge is 0.295 e. The van der Waals surface area contributed by atoms with Gasteiger partial charge in [-0.25, -0.2) is 0 Å². The molecule has 1 saturated carbocycles. The van der Waals surface area contributed by atoms with Crippen LogP contribution in [-0.2, 0) is 4.79 Å². The van der Waals surface area contributed by atoms with Gasteiger partial charge in [-0.1, -0.05) is 23.6 Å². The second-order valence-electron chi connectivity index (χ2n) is 5.93. The summed E-state index contributed by atoms with van der Waals surface area (Å²) in [6.07, 6.45) is 5.34. The van der Waals surface area contributed by atoms with Crippen LogP contribution < -0.4 is 0 Å². The average Bonchev–Trinajstić information content (AvgIpc) is 2.15. The lowest BCUT2D eigenvalue weighted by Gasteiger charge is -2.41. The van der Waals surface area contributed by atoms with Gasteiger partial charge in [0.15, 0.2) is 5.78 Å². The van der Waals surface area contributed by atoms with E-state index in [1.165, 1.54) is 24.8 Å². The second kappa shape index (κ2) is 3.87. The van der Waals surface area contributed by atoms with Crippen LogP contribution in [0.1, 0.15) is 59.8 Å². The first kappa shape index (κ1) is 11.6. The quantitative estimate of drug-likeness (QED) is 0.440. The maximum atomic E-state index is 12.1. The SMILES string of the molecule is CC(C)=C1CC2=C(C)CCC[C@]2(C)CC1=O. The zero-order valence-electron chi connectivity index (χ0n) is 10.9. The monoisotopic (exact) mass is 218 g/mol. The van der Waals surface area contributed by atoms with Gasteiger partial charge in [-0.05, 0) is 57.4 Å². The molecule has 2 aliphatic rings. The molecule has 0 spiro atoms.